The summed E-state index contributed by atoms with van der Waals surface area (Å²) >= 11 is 0. The number of hydrogen-bond acceptors (Lipinski definition) is 6. The molecule has 2 aromatic rings. The van der Waals surface area contributed by atoms with Crippen LogP contribution in [0.25, 0.3) is 11.4 Å². The number of morpholine rings is 1. The van der Waals surface area contributed by atoms with Crippen LogP contribution >= 0.6 is 0 Å². The molecule has 1 amide bonds. The van der Waals surface area contributed by atoms with Gasteiger partial charge >= 0.3 is 6.18 Å². The zero-order valence-corrected chi connectivity index (χ0v) is 16.4. The second-order valence-electron chi connectivity index (χ2n) is 7.57. The van der Waals surface area contributed by atoms with Crippen molar-refractivity contribution in [1.82, 2.24) is 19.9 Å². The zero-order valence-electron chi connectivity index (χ0n) is 16.4. The van der Waals surface area contributed by atoms with Crippen molar-refractivity contribution < 1.29 is 27.2 Å². The Kier molecular flexibility index (Phi) is 6.05. The normalized spacial score (nSPS) is 21.0. The molecule has 2 aliphatic rings. The van der Waals surface area contributed by atoms with Crippen molar-refractivity contribution >= 4 is 5.91 Å². The van der Waals surface area contributed by atoms with Gasteiger partial charge in [-0.15, -0.1) is 0 Å². The van der Waals surface area contributed by atoms with Gasteiger partial charge in [0, 0.05) is 12.1 Å². The van der Waals surface area contributed by atoms with Gasteiger partial charge in [-0.2, -0.15) is 18.2 Å². The molecule has 10 heteroatoms. The Balaban J connectivity index is 1.42. The first-order chi connectivity index (χ1) is 14.4. The first-order valence-electron chi connectivity index (χ1n) is 10.0. The van der Waals surface area contributed by atoms with Crippen molar-refractivity contribution in [2.45, 2.75) is 31.5 Å². The van der Waals surface area contributed by atoms with Gasteiger partial charge in [-0.1, -0.05) is 23.7 Å². The van der Waals surface area contributed by atoms with Gasteiger partial charge in [-0.3, -0.25) is 9.69 Å². The number of benzene rings is 1. The number of piperidine rings is 1. The number of carbonyl (C=O) groups is 1. The summed E-state index contributed by atoms with van der Waals surface area (Å²) in [6.45, 7) is 3.34. The van der Waals surface area contributed by atoms with Crippen LogP contribution in [0.15, 0.2) is 28.8 Å². The van der Waals surface area contributed by atoms with Crippen molar-refractivity contribution in [3.8, 4) is 11.4 Å². The average Bonchev–Trinajstić information content (AvgIpc) is 3.24. The van der Waals surface area contributed by atoms with Gasteiger partial charge < -0.3 is 14.2 Å². The highest BCUT2D eigenvalue weighted by atomic mass is 19.4. The number of nitrogens with zero attached hydrogens (tertiary/aromatic N) is 4. The number of ether oxygens (including phenoxy) is 1. The van der Waals surface area contributed by atoms with Gasteiger partial charge in [0.05, 0.1) is 25.3 Å². The minimum Gasteiger partial charge on any atom is -0.365 e. The van der Waals surface area contributed by atoms with Crippen molar-refractivity contribution in [3.05, 3.63) is 35.7 Å². The molecular formula is C20H23F3N4O3. The Hall–Kier alpha value is -2.46. The number of aromatic nitrogens is 2. The molecule has 2 aliphatic heterocycles. The van der Waals surface area contributed by atoms with E-state index in [1.54, 1.807) is 4.90 Å². The molecule has 162 valence electrons. The van der Waals surface area contributed by atoms with Crippen LogP contribution in [-0.4, -0.2) is 65.2 Å². The lowest BCUT2D eigenvalue weighted by Crippen LogP contribution is -2.47. The molecule has 0 unspecified atom stereocenters. The number of hydrogen-bond donors (Lipinski definition) is 0. The van der Waals surface area contributed by atoms with Crippen LogP contribution in [0.3, 0.4) is 0 Å². The fourth-order valence-electron chi connectivity index (χ4n) is 3.75. The van der Waals surface area contributed by atoms with E-state index in [1.165, 1.54) is 18.6 Å². The van der Waals surface area contributed by atoms with Gasteiger partial charge in [0.2, 0.25) is 11.7 Å². The van der Waals surface area contributed by atoms with Crippen molar-refractivity contribution in [1.29, 1.82) is 0 Å². The number of carbonyl (C=O) groups excluding carboxylic acids is 1. The van der Waals surface area contributed by atoms with Crippen LogP contribution in [0.1, 0.15) is 36.8 Å². The predicted octanol–water partition coefficient (Wildman–Crippen LogP) is 3.14. The van der Waals surface area contributed by atoms with E-state index in [9.17, 15) is 18.0 Å². The van der Waals surface area contributed by atoms with Gasteiger partial charge in [0.1, 0.15) is 0 Å². The second kappa shape index (κ2) is 8.73. The summed E-state index contributed by atoms with van der Waals surface area (Å²) in [4.78, 5) is 20.8. The summed E-state index contributed by atoms with van der Waals surface area (Å²) in [5.41, 5.74) is -0.580. The Morgan fingerprint density at radius 2 is 1.97 bits per heavy atom. The van der Waals surface area contributed by atoms with E-state index in [1.807, 2.05) is 0 Å². The van der Waals surface area contributed by atoms with Crippen LogP contribution in [0.4, 0.5) is 13.2 Å². The number of rotatable bonds is 4. The molecule has 7 nitrogen and oxygen atoms in total. The smallest absolute Gasteiger partial charge is 0.365 e. The molecule has 2 fully saturated rings. The maximum atomic E-state index is 12.9. The number of likely N-dealkylation sites (tertiary alicyclic amines) is 1. The summed E-state index contributed by atoms with van der Waals surface area (Å²) in [5.74, 6) is 0.233. The monoisotopic (exact) mass is 424 g/mol. The lowest BCUT2D eigenvalue weighted by atomic mass is 10.1. The highest BCUT2D eigenvalue weighted by molar-refractivity contribution is 5.78. The first-order valence-corrected chi connectivity index (χ1v) is 10.0. The third-order valence-electron chi connectivity index (χ3n) is 5.39. The quantitative estimate of drug-likeness (QED) is 0.751. The van der Waals surface area contributed by atoms with Crippen LogP contribution in [0.5, 0.6) is 0 Å². The maximum Gasteiger partial charge on any atom is 0.416 e. The lowest BCUT2D eigenvalue weighted by molar-refractivity contribution is -0.141. The van der Waals surface area contributed by atoms with Gasteiger partial charge in [-0.25, -0.2) is 0 Å². The molecule has 0 saturated carbocycles. The van der Waals surface area contributed by atoms with E-state index in [2.05, 4.69) is 15.0 Å². The number of halogens is 3. The van der Waals surface area contributed by atoms with E-state index in [4.69, 9.17) is 9.26 Å². The van der Waals surface area contributed by atoms with Crippen LogP contribution < -0.4 is 0 Å². The van der Waals surface area contributed by atoms with Crippen molar-refractivity contribution in [2.24, 2.45) is 0 Å². The maximum absolute atomic E-state index is 12.9. The van der Waals surface area contributed by atoms with E-state index in [0.717, 1.165) is 38.1 Å². The Bertz CT molecular complexity index is 880. The second-order valence-corrected chi connectivity index (χ2v) is 7.57. The third kappa shape index (κ3) is 4.81. The summed E-state index contributed by atoms with van der Waals surface area (Å²) < 4.78 is 49.7. The third-order valence-corrected chi connectivity index (χ3v) is 5.39. The number of amides is 1. The summed E-state index contributed by atoms with van der Waals surface area (Å²) in [6, 6.07) is 4.75. The molecule has 30 heavy (non-hydrogen) atoms. The molecule has 0 aliphatic carbocycles. The summed E-state index contributed by atoms with van der Waals surface area (Å²) in [7, 11) is 0. The molecule has 1 aromatic heterocycles. The van der Waals surface area contributed by atoms with Crippen molar-refractivity contribution in [3.63, 3.8) is 0 Å². The Morgan fingerprint density at radius 1 is 1.17 bits per heavy atom. The molecule has 1 aromatic carbocycles. The fraction of sp³-hybridized carbons (Fsp3) is 0.550. The summed E-state index contributed by atoms with van der Waals surface area (Å²) in [5, 5.41) is 3.80. The van der Waals surface area contributed by atoms with Crippen LogP contribution in [0, 0.1) is 0 Å². The zero-order chi connectivity index (χ0) is 21.1. The molecule has 0 N–H and O–H groups in total. The lowest BCUT2D eigenvalue weighted by Gasteiger charge is -2.33. The predicted molar refractivity (Wildman–Crippen MR) is 100 cm³/mol. The van der Waals surface area contributed by atoms with Crippen molar-refractivity contribution in [2.75, 3.05) is 39.3 Å². The molecule has 0 radical (unpaired) electrons. The first kappa shape index (κ1) is 20.8. The minimum atomic E-state index is -4.45. The van der Waals surface area contributed by atoms with E-state index < -0.39 is 17.8 Å². The van der Waals surface area contributed by atoms with Gasteiger partial charge in [-0.05, 0) is 38.1 Å². The van der Waals surface area contributed by atoms with Crippen LogP contribution in [-0.2, 0) is 15.7 Å². The minimum absolute atomic E-state index is 0.0304. The largest absolute Gasteiger partial charge is 0.416 e. The summed E-state index contributed by atoms with van der Waals surface area (Å²) in [6.07, 6.45) is -1.63. The molecule has 0 spiro atoms. The fourth-order valence-corrected chi connectivity index (χ4v) is 3.75. The molecule has 2 saturated heterocycles. The van der Waals surface area contributed by atoms with E-state index >= 15 is 0 Å². The molecule has 1 atom stereocenters. The molecular weight excluding hydrogens is 401 g/mol. The SMILES string of the molecule is O=C(CN1CCCCC1)N1CCO[C@H](c2nc(-c3cccc(C(F)(F)F)c3)no2)C1. The average molecular weight is 424 g/mol. The molecule has 0 bridgehead atoms. The van der Waals surface area contributed by atoms with E-state index in [-0.39, 0.29) is 29.7 Å². The van der Waals surface area contributed by atoms with Gasteiger partial charge in [0.25, 0.3) is 5.89 Å². The highest BCUT2D eigenvalue weighted by Gasteiger charge is 2.32. The molecule has 4 rings (SSSR count). The van der Waals surface area contributed by atoms with Gasteiger partial charge in [0.15, 0.2) is 6.10 Å². The van der Waals surface area contributed by atoms with E-state index in [0.29, 0.717) is 19.7 Å². The molecule has 3 heterocycles. The standard InChI is InChI=1S/C20H23F3N4O3/c21-20(22,23)15-6-4-5-14(11-15)18-24-19(30-25-18)16-12-27(9-10-29-16)17(28)13-26-7-2-1-3-8-26/h4-6,11,16H,1-3,7-10,12-13H2/t16-/m0/s1. The highest BCUT2D eigenvalue weighted by Crippen LogP contribution is 2.32. The van der Waals surface area contributed by atoms with Crippen LogP contribution in [0.2, 0.25) is 0 Å². The Morgan fingerprint density at radius 3 is 2.73 bits per heavy atom. The Labute approximate surface area is 171 Å². The number of alkyl halides is 3. The topological polar surface area (TPSA) is 71.7 Å².